The fraction of sp³-hybridized carbons (Fsp3) is 0.643. The highest BCUT2D eigenvalue weighted by molar-refractivity contribution is 7.91. The molecule has 2 unspecified atom stereocenters. The highest BCUT2D eigenvalue weighted by Crippen LogP contribution is 2.54. The van der Waals surface area contributed by atoms with Crippen LogP contribution in [-0.2, 0) is 29.1 Å². The van der Waals surface area contributed by atoms with Gasteiger partial charge in [0.25, 0.3) is 5.91 Å². The number of carboxylic acid groups (broad SMARTS) is 1. The van der Waals surface area contributed by atoms with Crippen LogP contribution in [0.15, 0.2) is 42.6 Å². The predicted molar refractivity (Wildman–Crippen MR) is 212 cm³/mol. The van der Waals surface area contributed by atoms with Crippen LogP contribution in [0.3, 0.4) is 0 Å². The van der Waals surface area contributed by atoms with Gasteiger partial charge in [-0.2, -0.15) is 0 Å². The summed E-state index contributed by atoms with van der Waals surface area (Å²) in [5, 5.41) is 14.5. The lowest BCUT2D eigenvalue weighted by Gasteiger charge is -2.40. The number of carbonyl (C=O) groups excluding carboxylic acids is 3. The Balaban J connectivity index is 1.14. The Morgan fingerprint density at radius 3 is 2.48 bits per heavy atom. The van der Waals surface area contributed by atoms with Crippen LogP contribution in [0.4, 0.5) is 4.79 Å². The van der Waals surface area contributed by atoms with E-state index in [0.717, 1.165) is 18.2 Å². The standard InChI is InChI=1S/C42H55N5O10S/c1-24-8-4-5-9-28-21-42(28,40(50)45-58(53,54)31-12-13-31)44-37(48)34-20-30(57-38-33-11-7-6-10-32(33)35(22-43-38)56-15-14-55-3)23-46(34)39(49)36(25(2)16-24)47(41(51)52)29-18-26-17-27(26)19-29/h5-7,9-11,22,24-31,34,36H,4,8,12-21,23H2,1-3H3,(H,44,48)(H,45,50)(H,51,52)/b9-5-/t24-,25-,26+,27?,28-,29?,30-,34+,36+,42-/m1/s1. The number of amides is 4. The fourth-order valence-electron chi connectivity index (χ4n) is 9.83. The molecule has 58 heavy (non-hydrogen) atoms. The topological polar surface area (TPSA) is 194 Å². The number of carbonyl (C=O) groups is 4. The summed E-state index contributed by atoms with van der Waals surface area (Å²) in [5.74, 6) is -0.857. The van der Waals surface area contributed by atoms with Gasteiger partial charge >= 0.3 is 6.09 Å². The Hall–Kier alpha value is -4.44. The number of hydrogen-bond donors (Lipinski definition) is 3. The maximum atomic E-state index is 15.3. The molecule has 1 aromatic heterocycles. The third kappa shape index (κ3) is 8.10. The first-order chi connectivity index (χ1) is 27.8. The summed E-state index contributed by atoms with van der Waals surface area (Å²) < 4.78 is 45.8. The molecule has 2 aromatic rings. The van der Waals surface area contributed by atoms with Crippen molar-refractivity contribution in [1.29, 1.82) is 0 Å². The van der Waals surface area contributed by atoms with E-state index in [1.807, 2.05) is 43.3 Å². The van der Waals surface area contributed by atoms with Crippen LogP contribution in [0.25, 0.3) is 10.8 Å². The van der Waals surface area contributed by atoms with Crippen molar-refractivity contribution in [3.05, 3.63) is 42.6 Å². The van der Waals surface area contributed by atoms with Gasteiger partial charge in [-0.25, -0.2) is 18.2 Å². The maximum absolute atomic E-state index is 15.3. The van der Waals surface area contributed by atoms with E-state index in [9.17, 15) is 27.9 Å². The minimum atomic E-state index is -3.92. The molecular formula is C42H55N5O10S. The van der Waals surface area contributed by atoms with Gasteiger partial charge in [-0.05, 0) is 87.5 Å². The second kappa shape index (κ2) is 16.0. The molecule has 4 aliphatic carbocycles. The van der Waals surface area contributed by atoms with Gasteiger partial charge in [0.2, 0.25) is 27.7 Å². The number of benzene rings is 1. The first kappa shape index (κ1) is 40.3. The van der Waals surface area contributed by atoms with E-state index in [1.54, 1.807) is 13.3 Å². The minimum Gasteiger partial charge on any atom is -0.489 e. The Morgan fingerprint density at radius 2 is 1.78 bits per heavy atom. The fourth-order valence-corrected chi connectivity index (χ4v) is 11.2. The van der Waals surface area contributed by atoms with Crippen molar-refractivity contribution in [3.8, 4) is 11.6 Å². The van der Waals surface area contributed by atoms with Crippen LogP contribution in [0.2, 0.25) is 0 Å². The molecule has 15 nitrogen and oxygen atoms in total. The number of nitrogens with zero attached hydrogens (tertiary/aromatic N) is 3. The zero-order valence-electron chi connectivity index (χ0n) is 33.4. The summed E-state index contributed by atoms with van der Waals surface area (Å²) in [6.45, 7) is 4.68. The summed E-state index contributed by atoms with van der Waals surface area (Å²) in [6, 6.07) is 4.93. The average molecular weight is 822 g/mol. The summed E-state index contributed by atoms with van der Waals surface area (Å²) in [7, 11) is -2.33. The normalized spacial score (nSPS) is 34.1. The molecule has 314 valence electrons. The smallest absolute Gasteiger partial charge is 0.408 e. The first-order valence-electron chi connectivity index (χ1n) is 20.8. The van der Waals surface area contributed by atoms with Crippen molar-refractivity contribution in [1.82, 2.24) is 24.8 Å². The highest BCUT2D eigenvalue weighted by Gasteiger charge is 2.62. The van der Waals surface area contributed by atoms with Gasteiger partial charge in [0, 0.05) is 36.3 Å². The predicted octanol–water partition coefficient (Wildman–Crippen LogP) is 4.25. The van der Waals surface area contributed by atoms with Crippen LogP contribution in [-0.4, -0.2) is 114 Å². The van der Waals surface area contributed by atoms with Crippen molar-refractivity contribution in [2.45, 2.75) is 113 Å². The number of hydrogen-bond acceptors (Lipinski definition) is 10. The van der Waals surface area contributed by atoms with Gasteiger partial charge in [0.15, 0.2) is 0 Å². The largest absolute Gasteiger partial charge is 0.489 e. The van der Waals surface area contributed by atoms with Crippen molar-refractivity contribution < 1.29 is 46.9 Å². The number of fused-ring (bicyclic) bond motifs is 4. The monoisotopic (exact) mass is 821 g/mol. The number of methoxy groups -OCH3 is 1. The van der Waals surface area contributed by atoms with Gasteiger partial charge in [-0.15, -0.1) is 0 Å². The number of rotatable bonds is 11. The van der Waals surface area contributed by atoms with E-state index in [4.69, 9.17) is 14.2 Å². The van der Waals surface area contributed by atoms with Gasteiger partial charge in [-0.3, -0.25) is 24.0 Å². The molecule has 10 atom stereocenters. The third-order valence-electron chi connectivity index (χ3n) is 13.3. The Labute approximate surface area is 339 Å². The minimum absolute atomic E-state index is 0.0242. The Bertz CT molecular complexity index is 2070. The molecule has 2 aliphatic heterocycles. The van der Waals surface area contributed by atoms with E-state index in [1.165, 1.54) is 9.80 Å². The van der Waals surface area contributed by atoms with Crippen LogP contribution < -0.4 is 19.5 Å². The zero-order chi connectivity index (χ0) is 40.9. The molecule has 16 heteroatoms. The van der Waals surface area contributed by atoms with Crippen LogP contribution in [0.1, 0.15) is 78.1 Å². The molecular weight excluding hydrogens is 767 g/mol. The van der Waals surface area contributed by atoms with Gasteiger partial charge in [-0.1, -0.05) is 44.2 Å². The molecule has 0 bridgehead atoms. The van der Waals surface area contributed by atoms with E-state index < -0.39 is 68.7 Å². The summed E-state index contributed by atoms with van der Waals surface area (Å²) in [6.07, 6.45) is 9.17. The second-order valence-electron chi connectivity index (χ2n) is 17.6. The number of nitrogens with one attached hydrogen (secondary N) is 2. The maximum Gasteiger partial charge on any atom is 0.408 e. The van der Waals surface area contributed by atoms with Gasteiger partial charge in [0.1, 0.15) is 36.1 Å². The molecule has 3 N–H and O–H groups in total. The zero-order valence-corrected chi connectivity index (χ0v) is 34.2. The molecule has 1 aromatic carbocycles. The number of ether oxygens (including phenoxy) is 3. The quantitative estimate of drug-likeness (QED) is 0.217. The number of aromatic nitrogens is 1. The Kier molecular flexibility index (Phi) is 11.1. The van der Waals surface area contributed by atoms with Crippen molar-refractivity contribution in [3.63, 3.8) is 0 Å². The molecule has 0 radical (unpaired) electrons. The number of allylic oxidation sites excluding steroid dienone is 1. The second-order valence-corrected chi connectivity index (χ2v) is 19.5. The highest BCUT2D eigenvalue weighted by atomic mass is 32.2. The first-order valence-corrected chi connectivity index (χ1v) is 22.4. The SMILES string of the molecule is COCCOc1cnc(O[C@@H]2C[C@H]3C(=O)N[C@]4(C(=O)NS(=O)(=O)C5CC5)C[C@H]4/C=C\CC[C@@H](C)C[C@@H](C)[C@H](N(C(=O)O)C4CC5C[C@H]5C4)C(=O)N3C2)c2ccccc12. The van der Waals surface area contributed by atoms with Crippen LogP contribution in [0.5, 0.6) is 11.6 Å². The molecule has 4 saturated carbocycles. The van der Waals surface area contributed by atoms with Gasteiger partial charge < -0.3 is 29.5 Å². The van der Waals surface area contributed by atoms with Crippen molar-refractivity contribution in [2.75, 3.05) is 26.9 Å². The Morgan fingerprint density at radius 1 is 1.03 bits per heavy atom. The molecule has 3 heterocycles. The molecule has 8 rings (SSSR count). The van der Waals surface area contributed by atoms with Crippen molar-refractivity contribution in [2.24, 2.45) is 29.6 Å². The number of sulfonamides is 1. The summed E-state index contributed by atoms with van der Waals surface area (Å²) >= 11 is 0. The molecule has 6 aliphatic rings. The van der Waals surface area contributed by atoms with Crippen molar-refractivity contribution >= 4 is 44.6 Å². The number of pyridine rings is 1. The van der Waals surface area contributed by atoms with E-state index in [-0.39, 0.29) is 43.1 Å². The average Bonchev–Trinajstić information content (AvgIpc) is 4.15. The van der Waals surface area contributed by atoms with Crippen LogP contribution in [0, 0.1) is 29.6 Å². The third-order valence-corrected chi connectivity index (χ3v) is 15.1. The van der Waals surface area contributed by atoms with Crippen LogP contribution >= 0.6 is 0 Å². The molecule has 5 fully saturated rings. The van der Waals surface area contributed by atoms with E-state index in [2.05, 4.69) is 21.9 Å². The summed E-state index contributed by atoms with van der Waals surface area (Å²) in [5.41, 5.74) is -1.53. The summed E-state index contributed by atoms with van der Waals surface area (Å²) in [4.78, 5) is 64.5. The lowest BCUT2D eigenvalue weighted by atomic mass is 9.86. The van der Waals surface area contributed by atoms with E-state index >= 15 is 4.79 Å². The van der Waals surface area contributed by atoms with Gasteiger partial charge in [0.05, 0.1) is 24.6 Å². The molecule has 1 saturated heterocycles. The van der Waals surface area contributed by atoms with E-state index in [0.29, 0.717) is 74.7 Å². The molecule has 4 amide bonds. The lowest BCUT2D eigenvalue weighted by Crippen LogP contribution is -2.61. The lowest BCUT2D eigenvalue weighted by molar-refractivity contribution is -0.145. The molecule has 0 spiro atoms.